The lowest BCUT2D eigenvalue weighted by Gasteiger charge is -2.11. The van der Waals surface area contributed by atoms with E-state index in [1.54, 1.807) is 42.5 Å². The number of hydrogen-bond acceptors (Lipinski definition) is 4. The lowest BCUT2D eigenvalue weighted by molar-refractivity contribution is 0.0505. The van der Waals surface area contributed by atoms with E-state index < -0.39 is 0 Å². The molecular weight excluding hydrogens is 422 g/mol. The molecule has 0 aliphatic heterocycles. The Morgan fingerprint density at radius 2 is 1.71 bits per heavy atom. The predicted octanol–water partition coefficient (Wildman–Crippen LogP) is 5.69. The van der Waals surface area contributed by atoms with E-state index in [2.05, 4.69) is 35.1 Å². The number of benzene rings is 2. The van der Waals surface area contributed by atoms with Crippen LogP contribution < -0.4 is 10.1 Å². The molecule has 1 amide bonds. The minimum absolute atomic E-state index is 0.240. The number of carbonyl (C=O) groups excluding carboxylic acids is 2. The van der Waals surface area contributed by atoms with Crippen molar-refractivity contribution in [2.75, 3.05) is 18.5 Å². The van der Waals surface area contributed by atoms with Crippen molar-refractivity contribution in [3.63, 3.8) is 0 Å². The fourth-order valence-electron chi connectivity index (χ4n) is 2.33. The van der Waals surface area contributed by atoms with Gasteiger partial charge in [0.05, 0.1) is 23.2 Å². The second kappa shape index (κ2) is 10.9. The minimum Gasteiger partial charge on any atom is -0.492 e. The Morgan fingerprint density at radius 3 is 2.32 bits per heavy atom. The molecule has 0 saturated carbocycles. The van der Waals surface area contributed by atoms with Crippen LogP contribution in [0.2, 0.25) is 0 Å². The van der Waals surface area contributed by atoms with Gasteiger partial charge in [0.25, 0.3) is 5.91 Å². The summed E-state index contributed by atoms with van der Waals surface area (Å²) in [6.45, 7) is 7.26. The maximum absolute atomic E-state index is 12.5. The Kier molecular flexibility index (Phi) is 8.51. The molecule has 0 fully saturated rings. The second-order valence-electron chi connectivity index (χ2n) is 6.84. The molecule has 0 atom stereocenters. The van der Waals surface area contributed by atoms with E-state index in [1.807, 2.05) is 6.92 Å². The van der Waals surface area contributed by atoms with Crippen LogP contribution in [0.25, 0.3) is 0 Å². The zero-order valence-electron chi connectivity index (χ0n) is 16.5. The molecule has 0 spiro atoms. The highest BCUT2D eigenvalue weighted by Crippen LogP contribution is 2.27. The molecule has 2 rings (SSSR count). The molecule has 0 bridgehead atoms. The van der Waals surface area contributed by atoms with Crippen LogP contribution in [0.3, 0.4) is 0 Å². The van der Waals surface area contributed by atoms with Gasteiger partial charge in [-0.3, -0.25) is 4.79 Å². The summed E-state index contributed by atoms with van der Waals surface area (Å²) >= 11 is 3.46. The topological polar surface area (TPSA) is 64.6 Å². The third-order valence-electron chi connectivity index (χ3n) is 3.96. The van der Waals surface area contributed by atoms with Crippen LogP contribution in [-0.2, 0) is 4.74 Å². The number of nitrogens with one attached hydrogen (secondary N) is 1. The van der Waals surface area contributed by atoms with E-state index >= 15 is 0 Å². The van der Waals surface area contributed by atoms with Gasteiger partial charge < -0.3 is 14.8 Å². The Bertz CT molecular complexity index is 803. The molecular formula is C22H26BrNO4. The number of halogens is 1. The Hall–Kier alpha value is -2.34. The van der Waals surface area contributed by atoms with Crippen LogP contribution >= 0.6 is 15.9 Å². The van der Waals surface area contributed by atoms with E-state index in [0.29, 0.717) is 41.7 Å². The SMILES string of the molecule is CCCOC(=O)c1ccc(NC(=O)c2ccc(OCCC(C)C)c(Br)c2)cc1. The van der Waals surface area contributed by atoms with Crippen LogP contribution in [0.15, 0.2) is 46.9 Å². The van der Waals surface area contributed by atoms with Gasteiger partial charge in [-0.2, -0.15) is 0 Å². The lowest BCUT2D eigenvalue weighted by Crippen LogP contribution is -2.12. The summed E-state index contributed by atoms with van der Waals surface area (Å²) in [6.07, 6.45) is 1.74. The van der Waals surface area contributed by atoms with Gasteiger partial charge in [0, 0.05) is 11.3 Å². The number of hydrogen-bond donors (Lipinski definition) is 1. The summed E-state index contributed by atoms with van der Waals surface area (Å²) in [7, 11) is 0. The van der Waals surface area contributed by atoms with Crippen LogP contribution in [0.5, 0.6) is 5.75 Å². The van der Waals surface area contributed by atoms with Crippen LogP contribution in [-0.4, -0.2) is 25.1 Å². The quantitative estimate of drug-likeness (QED) is 0.501. The summed E-state index contributed by atoms with van der Waals surface area (Å²) in [5.74, 6) is 0.684. The number of esters is 1. The number of anilines is 1. The highest BCUT2D eigenvalue weighted by atomic mass is 79.9. The number of rotatable bonds is 9. The summed E-state index contributed by atoms with van der Waals surface area (Å²) in [5, 5.41) is 2.82. The molecule has 0 aliphatic carbocycles. The fraction of sp³-hybridized carbons (Fsp3) is 0.364. The van der Waals surface area contributed by atoms with Crippen LogP contribution in [0, 0.1) is 5.92 Å². The Balaban J connectivity index is 1.97. The highest BCUT2D eigenvalue weighted by Gasteiger charge is 2.11. The first kappa shape index (κ1) is 22.0. The Morgan fingerprint density at radius 1 is 1.04 bits per heavy atom. The smallest absolute Gasteiger partial charge is 0.338 e. The van der Waals surface area contributed by atoms with Gasteiger partial charge in [-0.05, 0) is 77.2 Å². The average Bonchev–Trinajstić information content (AvgIpc) is 2.67. The van der Waals surface area contributed by atoms with Crippen molar-refractivity contribution < 1.29 is 19.1 Å². The van der Waals surface area contributed by atoms with Crippen molar-refractivity contribution >= 4 is 33.5 Å². The largest absolute Gasteiger partial charge is 0.492 e. The van der Waals surface area contributed by atoms with Gasteiger partial charge in [0.1, 0.15) is 5.75 Å². The lowest BCUT2D eigenvalue weighted by atomic mass is 10.1. The van der Waals surface area contributed by atoms with Crippen LogP contribution in [0.4, 0.5) is 5.69 Å². The fourth-order valence-corrected chi connectivity index (χ4v) is 2.83. The normalized spacial score (nSPS) is 10.6. The van der Waals surface area contributed by atoms with Crippen molar-refractivity contribution in [1.82, 2.24) is 0 Å². The van der Waals surface area contributed by atoms with E-state index in [-0.39, 0.29) is 11.9 Å². The molecule has 2 aromatic rings. The van der Waals surface area contributed by atoms with Crippen molar-refractivity contribution in [3.05, 3.63) is 58.1 Å². The third-order valence-corrected chi connectivity index (χ3v) is 4.58. The first-order chi connectivity index (χ1) is 13.4. The molecule has 1 N–H and O–H groups in total. The highest BCUT2D eigenvalue weighted by molar-refractivity contribution is 9.10. The summed E-state index contributed by atoms with van der Waals surface area (Å²) in [4.78, 5) is 24.3. The van der Waals surface area contributed by atoms with Gasteiger partial charge >= 0.3 is 5.97 Å². The van der Waals surface area contributed by atoms with Gasteiger partial charge in [0.2, 0.25) is 0 Å². The maximum atomic E-state index is 12.5. The predicted molar refractivity (Wildman–Crippen MR) is 114 cm³/mol. The van der Waals surface area contributed by atoms with Crippen molar-refractivity contribution in [1.29, 1.82) is 0 Å². The number of ether oxygens (including phenoxy) is 2. The van der Waals surface area contributed by atoms with E-state index in [9.17, 15) is 9.59 Å². The molecule has 2 aromatic carbocycles. The molecule has 0 radical (unpaired) electrons. The van der Waals surface area contributed by atoms with E-state index in [1.165, 1.54) is 0 Å². The zero-order chi connectivity index (χ0) is 20.5. The zero-order valence-corrected chi connectivity index (χ0v) is 18.0. The standard InChI is InChI=1S/C22H26BrNO4/c1-4-12-28-22(26)16-5-8-18(9-6-16)24-21(25)17-7-10-20(19(23)14-17)27-13-11-15(2)3/h5-10,14-15H,4,11-13H2,1-3H3,(H,24,25). The number of carbonyl (C=O) groups is 2. The molecule has 0 heterocycles. The van der Waals surface area contributed by atoms with Crippen molar-refractivity contribution in [2.45, 2.75) is 33.6 Å². The minimum atomic E-state index is -0.364. The summed E-state index contributed by atoms with van der Waals surface area (Å²) < 4.78 is 11.6. The molecule has 0 aliphatic rings. The molecule has 0 saturated heterocycles. The van der Waals surface area contributed by atoms with Crippen molar-refractivity contribution in [3.8, 4) is 5.75 Å². The molecule has 0 unspecified atom stereocenters. The Labute approximate surface area is 174 Å². The monoisotopic (exact) mass is 447 g/mol. The summed E-state index contributed by atoms with van der Waals surface area (Å²) in [6, 6.07) is 11.9. The van der Waals surface area contributed by atoms with E-state index in [0.717, 1.165) is 17.3 Å². The molecule has 150 valence electrons. The maximum Gasteiger partial charge on any atom is 0.338 e. The van der Waals surface area contributed by atoms with Gasteiger partial charge in [0.15, 0.2) is 0 Å². The molecule has 28 heavy (non-hydrogen) atoms. The van der Waals surface area contributed by atoms with E-state index in [4.69, 9.17) is 9.47 Å². The average molecular weight is 448 g/mol. The molecule has 5 nitrogen and oxygen atoms in total. The summed E-state index contributed by atoms with van der Waals surface area (Å²) in [5.41, 5.74) is 1.57. The number of amides is 1. The van der Waals surface area contributed by atoms with Gasteiger partial charge in [-0.15, -0.1) is 0 Å². The first-order valence-corrected chi connectivity index (χ1v) is 10.2. The third kappa shape index (κ3) is 6.68. The second-order valence-corrected chi connectivity index (χ2v) is 7.70. The van der Waals surface area contributed by atoms with Gasteiger partial charge in [-0.25, -0.2) is 4.79 Å². The van der Waals surface area contributed by atoms with Crippen molar-refractivity contribution in [2.24, 2.45) is 5.92 Å². The van der Waals surface area contributed by atoms with Crippen LogP contribution in [0.1, 0.15) is 54.3 Å². The first-order valence-electron chi connectivity index (χ1n) is 9.41. The molecule has 6 heteroatoms. The van der Waals surface area contributed by atoms with Gasteiger partial charge in [-0.1, -0.05) is 20.8 Å². The molecule has 0 aromatic heterocycles.